The molecule has 1 atom stereocenters. The van der Waals surface area contributed by atoms with Crippen molar-refractivity contribution in [3.05, 3.63) is 29.6 Å². The van der Waals surface area contributed by atoms with Crippen molar-refractivity contribution in [1.29, 1.82) is 0 Å². The Morgan fingerprint density at radius 2 is 2.29 bits per heavy atom. The standard InChI is InChI=1S/C10H12FNO2/c1-6(10(13)14)4-7-2-3-8(11)9(12)5-7/h2-3,5-6H,4,12H2,1H3,(H,13,14)/t6-/m0/s1. The monoisotopic (exact) mass is 197 g/mol. The normalized spacial score (nSPS) is 12.4. The highest BCUT2D eigenvalue weighted by Gasteiger charge is 2.12. The van der Waals surface area contributed by atoms with Gasteiger partial charge in [-0.05, 0) is 24.1 Å². The molecule has 0 saturated carbocycles. The third-order valence-electron chi connectivity index (χ3n) is 2.02. The molecule has 0 aliphatic heterocycles. The van der Waals surface area contributed by atoms with Crippen LogP contribution in [0.15, 0.2) is 18.2 Å². The van der Waals surface area contributed by atoms with E-state index in [1.165, 1.54) is 12.1 Å². The Kier molecular flexibility index (Phi) is 3.06. The van der Waals surface area contributed by atoms with E-state index < -0.39 is 17.7 Å². The van der Waals surface area contributed by atoms with Crippen molar-refractivity contribution in [1.82, 2.24) is 0 Å². The van der Waals surface area contributed by atoms with Gasteiger partial charge in [-0.2, -0.15) is 0 Å². The van der Waals surface area contributed by atoms with E-state index in [1.807, 2.05) is 0 Å². The fraction of sp³-hybridized carbons (Fsp3) is 0.300. The summed E-state index contributed by atoms with van der Waals surface area (Å²) in [5, 5.41) is 8.66. The molecule has 0 saturated heterocycles. The van der Waals surface area contributed by atoms with Gasteiger partial charge in [0.15, 0.2) is 0 Å². The molecule has 0 amide bonds. The van der Waals surface area contributed by atoms with Gasteiger partial charge in [-0.3, -0.25) is 4.79 Å². The smallest absolute Gasteiger partial charge is 0.306 e. The van der Waals surface area contributed by atoms with Gasteiger partial charge in [0.1, 0.15) is 5.82 Å². The largest absolute Gasteiger partial charge is 0.481 e. The number of anilines is 1. The van der Waals surface area contributed by atoms with Crippen LogP contribution >= 0.6 is 0 Å². The number of benzene rings is 1. The minimum atomic E-state index is -0.868. The number of halogens is 1. The van der Waals surface area contributed by atoms with Crippen LogP contribution in [-0.4, -0.2) is 11.1 Å². The van der Waals surface area contributed by atoms with E-state index in [0.717, 1.165) is 5.56 Å². The lowest BCUT2D eigenvalue weighted by molar-refractivity contribution is -0.141. The van der Waals surface area contributed by atoms with E-state index in [9.17, 15) is 9.18 Å². The van der Waals surface area contributed by atoms with Gasteiger partial charge in [0.2, 0.25) is 0 Å². The number of rotatable bonds is 3. The lowest BCUT2D eigenvalue weighted by atomic mass is 10.0. The number of hydrogen-bond acceptors (Lipinski definition) is 2. The second-order valence-corrected chi connectivity index (χ2v) is 3.30. The molecule has 0 spiro atoms. The van der Waals surface area contributed by atoms with Gasteiger partial charge < -0.3 is 10.8 Å². The second kappa shape index (κ2) is 4.09. The van der Waals surface area contributed by atoms with E-state index in [0.29, 0.717) is 6.42 Å². The van der Waals surface area contributed by atoms with Crippen molar-refractivity contribution < 1.29 is 14.3 Å². The number of hydrogen-bond donors (Lipinski definition) is 2. The van der Waals surface area contributed by atoms with Crippen LogP contribution in [0.5, 0.6) is 0 Å². The number of nitrogens with two attached hydrogens (primary N) is 1. The van der Waals surface area contributed by atoms with E-state index in [4.69, 9.17) is 10.8 Å². The molecule has 1 rings (SSSR count). The first-order valence-corrected chi connectivity index (χ1v) is 4.27. The molecule has 0 aromatic heterocycles. The Morgan fingerprint density at radius 1 is 1.64 bits per heavy atom. The van der Waals surface area contributed by atoms with Crippen molar-refractivity contribution in [2.75, 3.05) is 5.73 Å². The first kappa shape index (κ1) is 10.5. The highest BCUT2D eigenvalue weighted by Crippen LogP contribution is 2.15. The molecule has 0 radical (unpaired) electrons. The Bertz CT molecular complexity index is 352. The average Bonchev–Trinajstić information content (AvgIpc) is 2.11. The van der Waals surface area contributed by atoms with Crippen molar-refractivity contribution in [3.8, 4) is 0 Å². The molecule has 0 aliphatic rings. The van der Waals surface area contributed by atoms with Gasteiger partial charge in [-0.1, -0.05) is 13.0 Å². The predicted octanol–water partition coefficient (Wildman–Crippen LogP) is 1.67. The second-order valence-electron chi connectivity index (χ2n) is 3.30. The molecule has 0 heterocycles. The maximum Gasteiger partial charge on any atom is 0.306 e. The molecule has 1 aromatic rings. The van der Waals surface area contributed by atoms with Gasteiger partial charge in [0.25, 0.3) is 0 Å². The van der Waals surface area contributed by atoms with Crippen LogP contribution in [0.2, 0.25) is 0 Å². The fourth-order valence-electron chi connectivity index (χ4n) is 1.16. The molecule has 0 aliphatic carbocycles. The lowest BCUT2D eigenvalue weighted by Crippen LogP contribution is -2.12. The van der Waals surface area contributed by atoms with E-state index in [1.54, 1.807) is 13.0 Å². The maximum absolute atomic E-state index is 12.8. The van der Waals surface area contributed by atoms with Crippen molar-refractivity contribution in [2.45, 2.75) is 13.3 Å². The van der Waals surface area contributed by atoms with Gasteiger partial charge >= 0.3 is 5.97 Å². The van der Waals surface area contributed by atoms with Gasteiger partial charge in [-0.15, -0.1) is 0 Å². The highest BCUT2D eigenvalue weighted by molar-refractivity contribution is 5.70. The molecule has 1 aromatic carbocycles. The molecule has 0 unspecified atom stereocenters. The molecule has 0 bridgehead atoms. The average molecular weight is 197 g/mol. The van der Waals surface area contributed by atoms with Crippen LogP contribution in [0.4, 0.5) is 10.1 Å². The number of aliphatic carboxylic acids is 1. The van der Waals surface area contributed by atoms with Crippen LogP contribution in [-0.2, 0) is 11.2 Å². The summed E-state index contributed by atoms with van der Waals surface area (Å²) >= 11 is 0. The third kappa shape index (κ3) is 2.45. The summed E-state index contributed by atoms with van der Waals surface area (Å²) in [6.07, 6.45) is 0.361. The van der Waals surface area contributed by atoms with Crippen LogP contribution in [0.25, 0.3) is 0 Å². The number of nitrogen functional groups attached to an aromatic ring is 1. The topological polar surface area (TPSA) is 63.3 Å². The SMILES string of the molecule is C[C@@H](Cc1ccc(F)c(N)c1)C(=O)O. The Labute approximate surface area is 81.4 Å². The maximum atomic E-state index is 12.8. The molecule has 14 heavy (non-hydrogen) atoms. The predicted molar refractivity (Wildman–Crippen MR) is 51.3 cm³/mol. The first-order chi connectivity index (χ1) is 6.50. The summed E-state index contributed by atoms with van der Waals surface area (Å²) in [7, 11) is 0. The summed E-state index contributed by atoms with van der Waals surface area (Å²) in [4.78, 5) is 10.6. The summed E-state index contributed by atoms with van der Waals surface area (Å²) in [5.41, 5.74) is 6.14. The van der Waals surface area contributed by atoms with Gasteiger partial charge in [0, 0.05) is 0 Å². The lowest BCUT2D eigenvalue weighted by Gasteiger charge is -2.06. The minimum Gasteiger partial charge on any atom is -0.481 e. The van der Waals surface area contributed by atoms with Crippen molar-refractivity contribution in [3.63, 3.8) is 0 Å². The zero-order valence-corrected chi connectivity index (χ0v) is 7.83. The summed E-state index contributed by atoms with van der Waals surface area (Å²) in [6.45, 7) is 1.60. The third-order valence-corrected chi connectivity index (χ3v) is 2.02. The Morgan fingerprint density at radius 3 is 2.79 bits per heavy atom. The van der Waals surface area contributed by atoms with E-state index in [-0.39, 0.29) is 5.69 Å². The van der Waals surface area contributed by atoms with Gasteiger partial charge in [-0.25, -0.2) is 4.39 Å². The Balaban J connectivity index is 2.78. The van der Waals surface area contributed by atoms with Crippen LogP contribution < -0.4 is 5.73 Å². The minimum absolute atomic E-state index is 0.0556. The molecule has 76 valence electrons. The molecular formula is C10H12FNO2. The molecule has 0 fully saturated rings. The zero-order chi connectivity index (χ0) is 10.7. The van der Waals surface area contributed by atoms with Crippen LogP contribution in [0.3, 0.4) is 0 Å². The van der Waals surface area contributed by atoms with Crippen LogP contribution in [0, 0.1) is 11.7 Å². The summed E-state index contributed by atoms with van der Waals surface area (Å²) in [6, 6.07) is 4.26. The molecular weight excluding hydrogens is 185 g/mol. The van der Waals surface area contributed by atoms with E-state index in [2.05, 4.69) is 0 Å². The first-order valence-electron chi connectivity index (χ1n) is 4.27. The fourth-order valence-corrected chi connectivity index (χ4v) is 1.16. The Hall–Kier alpha value is -1.58. The summed E-state index contributed by atoms with van der Waals surface area (Å²) in [5.74, 6) is -1.83. The number of carboxylic acid groups (broad SMARTS) is 1. The number of carbonyl (C=O) groups is 1. The molecule has 3 nitrogen and oxygen atoms in total. The number of carboxylic acids is 1. The van der Waals surface area contributed by atoms with E-state index >= 15 is 0 Å². The highest BCUT2D eigenvalue weighted by atomic mass is 19.1. The molecule has 4 heteroatoms. The van der Waals surface area contributed by atoms with Crippen LogP contribution in [0.1, 0.15) is 12.5 Å². The van der Waals surface area contributed by atoms with Crippen molar-refractivity contribution >= 4 is 11.7 Å². The van der Waals surface area contributed by atoms with Gasteiger partial charge in [0.05, 0.1) is 11.6 Å². The zero-order valence-electron chi connectivity index (χ0n) is 7.83. The quantitative estimate of drug-likeness (QED) is 0.724. The molecule has 3 N–H and O–H groups in total. The summed E-state index contributed by atoms with van der Waals surface area (Å²) < 4.78 is 12.8. The van der Waals surface area contributed by atoms with Crippen molar-refractivity contribution in [2.24, 2.45) is 5.92 Å².